The molecule has 0 saturated carbocycles. The van der Waals surface area contributed by atoms with Crippen LogP contribution in [0.15, 0.2) is 58.5 Å². The van der Waals surface area contributed by atoms with Gasteiger partial charge in [0.05, 0.1) is 18.2 Å². The van der Waals surface area contributed by atoms with Crippen LogP contribution >= 0.6 is 22.9 Å². The first-order valence-electron chi connectivity index (χ1n) is 10.6. The van der Waals surface area contributed by atoms with E-state index >= 15 is 0 Å². The molecule has 0 N–H and O–H groups in total. The van der Waals surface area contributed by atoms with E-state index in [4.69, 9.17) is 21.0 Å². The zero-order valence-electron chi connectivity index (χ0n) is 17.5. The zero-order valence-corrected chi connectivity index (χ0v) is 19.1. The van der Waals surface area contributed by atoms with Crippen LogP contribution in [0, 0.1) is 0 Å². The van der Waals surface area contributed by atoms with E-state index in [9.17, 15) is 4.79 Å². The van der Waals surface area contributed by atoms with Gasteiger partial charge in [-0.05, 0) is 41.8 Å². The van der Waals surface area contributed by atoms with Gasteiger partial charge in [0.15, 0.2) is 11.4 Å². The van der Waals surface area contributed by atoms with E-state index in [0.717, 1.165) is 15.8 Å². The summed E-state index contributed by atoms with van der Waals surface area (Å²) in [5.41, 5.74) is 1.44. The van der Waals surface area contributed by atoms with Crippen molar-refractivity contribution >= 4 is 51.3 Å². The molecule has 1 aliphatic rings. The van der Waals surface area contributed by atoms with Crippen LogP contribution in [0.1, 0.15) is 4.88 Å². The van der Waals surface area contributed by atoms with Crippen molar-refractivity contribution in [2.45, 2.75) is 6.42 Å². The van der Waals surface area contributed by atoms with Gasteiger partial charge in [-0.1, -0.05) is 17.7 Å². The topological polar surface area (TPSA) is 79.8 Å². The van der Waals surface area contributed by atoms with Gasteiger partial charge in [0.25, 0.3) is 0 Å². The van der Waals surface area contributed by atoms with Crippen LogP contribution in [0.2, 0.25) is 5.02 Å². The Hall–Kier alpha value is -3.43. The number of thiophene rings is 1. The molecule has 0 unspecified atom stereocenters. The number of nitrogens with zero attached hydrogens (tertiary/aromatic N) is 6. The van der Waals surface area contributed by atoms with Crippen molar-refractivity contribution in [2.24, 2.45) is 0 Å². The standard InChI is InChI=1S/C23H19ClN6O2S/c24-15-5-6-17-18(13-15)25-23(30-21(17)26-27-22(30)19-4-1-11-32-19)29-9-7-28(8-10-29)20(31)14-16-3-2-12-33-16/h1-6,11-13H,7-10,14H2. The first-order valence-corrected chi connectivity index (χ1v) is 11.9. The number of amides is 1. The molecule has 10 heteroatoms. The van der Waals surface area contributed by atoms with Gasteiger partial charge in [0.2, 0.25) is 17.7 Å². The number of aromatic nitrogens is 4. The molecule has 1 amide bonds. The molecule has 166 valence electrons. The number of halogens is 1. The molecule has 0 aliphatic carbocycles. The predicted octanol–water partition coefficient (Wildman–Crippen LogP) is 4.14. The monoisotopic (exact) mass is 478 g/mol. The van der Waals surface area contributed by atoms with Crippen molar-refractivity contribution in [3.05, 3.63) is 64.0 Å². The maximum absolute atomic E-state index is 12.7. The maximum atomic E-state index is 12.7. The average molecular weight is 479 g/mol. The lowest BCUT2D eigenvalue weighted by molar-refractivity contribution is -0.130. The summed E-state index contributed by atoms with van der Waals surface area (Å²) in [6.45, 7) is 2.55. The summed E-state index contributed by atoms with van der Waals surface area (Å²) in [5, 5.41) is 12.3. The third kappa shape index (κ3) is 3.63. The molecule has 1 aliphatic heterocycles. The van der Waals surface area contributed by atoms with E-state index in [1.54, 1.807) is 17.6 Å². The van der Waals surface area contributed by atoms with Gasteiger partial charge in [-0.2, -0.15) is 0 Å². The highest BCUT2D eigenvalue weighted by Gasteiger charge is 2.26. The van der Waals surface area contributed by atoms with Crippen molar-refractivity contribution < 1.29 is 9.21 Å². The van der Waals surface area contributed by atoms with Crippen LogP contribution in [-0.4, -0.2) is 56.6 Å². The van der Waals surface area contributed by atoms with Gasteiger partial charge in [-0.3, -0.25) is 4.79 Å². The number of hydrogen-bond donors (Lipinski definition) is 0. The zero-order chi connectivity index (χ0) is 22.4. The normalized spacial score (nSPS) is 14.5. The summed E-state index contributed by atoms with van der Waals surface area (Å²) in [4.78, 5) is 22.9. The fourth-order valence-electron chi connectivity index (χ4n) is 4.20. The first kappa shape index (κ1) is 20.2. The van der Waals surface area contributed by atoms with Gasteiger partial charge in [-0.25, -0.2) is 9.38 Å². The van der Waals surface area contributed by atoms with Crippen molar-refractivity contribution in [1.29, 1.82) is 0 Å². The Balaban J connectivity index is 1.36. The van der Waals surface area contributed by atoms with Crippen molar-refractivity contribution in [3.8, 4) is 11.6 Å². The van der Waals surface area contributed by atoms with Crippen molar-refractivity contribution in [2.75, 3.05) is 31.1 Å². The van der Waals surface area contributed by atoms with Gasteiger partial charge < -0.3 is 14.2 Å². The molecule has 8 nitrogen and oxygen atoms in total. The quantitative estimate of drug-likeness (QED) is 0.386. The van der Waals surface area contributed by atoms with Crippen LogP contribution in [0.3, 0.4) is 0 Å². The number of rotatable bonds is 4. The molecule has 5 aromatic rings. The number of carbonyl (C=O) groups is 1. The molecular formula is C23H19ClN6O2S. The third-order valence-electron chi connectivity index (χ3n) is 5.85. The van der Waals surface area contributed by atoms with Crippen LogP contribution in [0.25, 0.3) is 28.1 Å². The minimum absolute atomic E-state index is 0.154. The molecule has 1 fully saturated rings. The first-order chi connectivity index (χ1) is 16.2. The molecule has 0 radical (unpaired) electrons. The van der Waals surface area contributed by atoms with E-state index in [1.165, 1.54) is 0 Å². The van der Waals surface area contributed by atoms with Crippen molar-refractivity contribution in [3.63, 3.8) is 0 Å². The number of anilines is 1. The van der Waals surface area contributed by atoms with E-state index in [-0.39, 0.29) is 5.91 Å². The molecule has 5 heterocycles. The lowest BCUT2D eigenvalue weighted by atomic mass is 10.2. The summed E-state index contributed by atoms with van der Waals surface area (Å²) in [6, 6.07) is 13.2. The van der Waals surface area contributed by atoms with Crippen LogP contribution in [0.4, 0.5) is 5.95 Å². The molecule has 6 rings (SSSR count). The molecule has 33 heavy (non-hydrogen) atoms. The summed E-state index contributed by atoms with van der Waals surface area (Å²) in [6.07, 6.45) is 2.06. The van der Waals surface area contributed by atoms with Crippen LogP contribution in [-0.2, 0) is 11.2 Å². The SMILES string of the molecule is O=C(Cc1cccs1)N1CCN(c2nc3cc(Cl)ccc3c3nnc(-c4ccco4)n23)CC1. The lowest BCUT2D eigenvalue weighted by Gasteiger charge is -2.35. The number of carbonyl (C=O) groups excluding carboxylic acids is 1. The van der Waals surface area contributed by atoms with Crippen molar-refractivity contribution in [1.82, 2.24) is 24.5 Å². The highest BCUT2D eigenvalue weighted by Crippen LogP contribution is 2.30. The Morgan fingerprint density at radius 2 is 1.97 bits per heavy atom. The summed E-state index contributed by atoms with van der Waals surface area (Å²) in [7, 11) is 0. The molecular weight excluding hydrogens is 460 g/mol. The molecule has 1 saturated heterocycles. The second-order valence-electron chi connectivity index (χ2n) is 7.86. The Morgan fingerprint density at radius 1 is 1.09 bits per heavy atom. The fourth-order valence-corrected chi connectivity index (χ4v) is 5.06. The fraction of sp³-hybridized carbons (Fsp3) is 0.217. The number of piperazine rings is 1. The number of hydrogen-bond acceptors (Lipinski definition) is 7. The summed E-state index contributed by atoms with van der Waals surface area (Å²) >= 11 is 7.86. The van der Waals surface area contributed by atoms with Gasteiger partial charge >= 0.3 is 0 Å². The minimum atomic E-state index is 0.154. The van der Waals surface area contributed by atoms with Gasteiger partial charge in [-0.15, -0.1) is 21.5 Å². The van der Waals surface area contributed by atoms with Gasteiger partial charge in [0, 0.05) is 41.5 Å². The molecule has 0 atom stereocenters. The van der Waals surface area contributed by atoms with E-state index in [1.807, 2.05) is 57.1 Å². The number of benzene rings is 1. The highest BCUT2D eigenvalue weighted by molar-refractivity contribution is 7.10. The van der Waals surface area contributed by atoms with Gasteiger partial charge in [0.1, 0.15) is 0 Å². The number of fused-ring (bicyclic) bond motifs is 3. The Labute approximate surface area is 198 Å². The Kier molecular flexibility index (Phi) is 5.00. The maximum Gasteiger partial charge on any atom is 0.227 e. The van der Waals surface area contributed by atoms with E-state index in [2.05, 4.69) is 15.1 Å². The lowest BCUT2D eigenvalue weighted by Crippen LogP contribution is -2.49. The van der Waals surface area contributed by atoms with E-state index < -0.39 is 0 Å². The molecule has 4 aromatic heterocycles. The highest BCUT2D eigenvalue weighted by atomic mass is 35.5. The van der Waals surface area contributed by atoms with E-state index in [0.29, 0.717) is 60.8 Å². The minimum Gasteiger partial charge on any atom is -0.461 e. The predicted molar refractivity (Wildman–Crippen MR) is 128 cm³/mol. The largest absolute Gasteiger partial charge is 0.461 e. The summed E-state index contributed by atoms with van der Waals surface area (Å²) in [5.74, 6) is 2.07. The summed E-state index contributed by atoms with van der Waals surface area (Å²) < 4.78 is 7.54. The third-order valence-corrected chi connectivity index (χ3v) is 6.96. The average Bonchev–Trinajstić information content (AvgIpc) is 3.60. The number of furan rings is 1. The smallest absolute Gasteiger partial charge is 0.227 e. The second kappa shape index (κ2) is 8.17. The molecule has 0 bridgehead atoms. The molecule has 0 spiro atoms. The van der Waals surface area contributed by atoms with Crippen LogP contribution < -0.4 is 4.90 Å². The Morgan fingerprint density at radius 3 is 2.73 bits per heavy atom. The van der Waals surface area contributed by atoms with Crippen LogP contribution in [0.5, 0.6) is 0 Å². The second-order valence-corrected chi connectivity index (χ2v) is 9.33. The molecule has 1 aromatic carbocycles. The Bertz CT molecular complexity index is 1440.